The molecule has 1 aromatic heterocycles. The Bertz CT molecular complexity index is 1090. The number of H-pyrrole nitrogens is 1. The Labute approximate surface area is 164 Å². The molecule has 1 aliphatic heterocycles. The molecule has 3 atom stereocenters. The minimum Gasteiger partial charge on any atom is -0.489 e. The molecule has 1 fully saturated rings. The zero-order chi connectivity index (χ0) is 21.0. The van der Waals surface area contributed by atoms with Crippen molar-refractivity contribution in [3.8, 4) is 23.0 Å². The van der Waals surface area contributed by atoms with Crippen LogP contribution in [0.15, 0.2) is 36.4 Å². The summed E-state index contributed by atoms with van der Waals surface area (Å²) in [7, 11) is 0. The molecule has 2 aliphatic rings. The van der Waals surface area contributed by atoms with E-state index in [1.165, 1.54) is 0 Å². The van der Waals surface area contributed by atoms with E-state index < -0.39 is 24.1 Å². The number of tetrazole rings is 1. The average molecular weight is 426 g/mol. The number of nitrogens with one attached hydrogen (secondary N) is 1. The largest absolute Gasteiger partial charge is 0.489 e. The van der Waals surface area contributed by atoms with Gasteiger partial charge in [0.05, 0.1) is 11.5 Å². The standard InChI is InChI=1S/C18H11F5N4O3/c19-17(20)30-12-5-7(18(21,22)23)1-4-10(12)28-8-2-3-9-11(6-8)29-15-13(9)14(15)16-24-26-27-25-16/h1-6,13-15,17H,(H,24,25,26,27)/t13-,14-,15+/m1/s1. The first-order valence-electron chi connectivity index (χ1n) is 8.69. The number of aromatic amines is 1. The maximum absolute atomic E-state index is 12.9. The van der Waals surface area contributed by atoms with E-state index in [2.05, 4.69) is 25.4 Å². The quantitative estimate of drug-likeness (QED) is 0.615. The van der Waals surface area contributed by atoms with E-state index in [4.69, 9.17) is 9.47 Å². The lowest BCUT2D eigenvalue weighted by atomic mass is 10.1. The molecule has 3 aromatic rings. The van der Waals surface area contributed by atoms with Gasteiger partial charge < -0.3 is 14.2 Å². The van der Waals surface area contributed by atoms with E-state index in [0.29, 0.717) is 17.6 Å². The van der Waals surface area contributed by atoms with Crippen molar-refractivity contribution in [2.45, 2.75) is 30.7 Å². The van der Waals surface area contributed by atoms with Gasteiger partial charge in [0.25, 0.3) is 0 Å². The van der Waals surface area contributed by atoms with Crippen LogP contribution < -0.4 is 14.2 Å². The topological polar surface area (TPSA) is 82.1 Å². The molecule has 2 heterocycles. The van der Waals surface area contributed by atoms with Gasteiger partial charge in [0.1, 0.15) is 17.6 Å². The highest BCUT2D eigenvalue weighted by atomic mass is 19.4. The number of rotatable bonds is 5. The summed E-state index contributed by atoms with van der Waals surface area (Å²) in [4.78, 5) is 0. The Morgan fingerprint density at radius 1 is 1.03 bits per heavy atom. The summed E-state index contributed by atoms with van der Waals surface area (Å²) in [6.07, 6.45) is -4.85. The van der Waals surface area contributed by atoms with Crippen LogP contribution in [0.4, 0.5) is 22.0 Å². The highest BCUT2D eigenvalue weighted by Crippen LogP contribution is 2.62. The van der Waals surface area contributed by atoms with Gasteiger partial charge in [-0.2, -0.15) is 27.2 Å². The third-order valence-electron chi connectivity index (χ3n) is 4.94. The fourth-order valence-electron chi connectivity index (χ4n) is 3.60. The smallest absolute Gasteiger partial charge is 0.416 e. The first kappa shape index (κ1) is 18.6. The minimum absolute atomic E-state index is 0.0102. The summed E-state index contributed by atoms with van der Waals surface area (Å²) in [5.41, 5.74) is -0.228. The Morgan fingerprint density at radius 2 is 1.87 bits per heavy atom. The van der Waals surface area contributed by atoms with Crippen LogP contribution in [0.2, 0.25) is 0 Å². The molecular formula is C18H11F5N4O3. The van der Waals surface area contributed by atoms with Gasteiger partial charge in [-0.3, -0.25) is 0 Å². The number of nitrogens with zero attached hydrogens (tertiary/aromatic N) is 3. The van der Waals surface area contributed by atoms with E-state index in [9.17, 15) is 22.0 Å². The van der Waals surface area contributed by atoms with Crippen molar-refractivity contribution >= 4 is 0 Å². The van der Waals surface area contributed by atoms with Gasteiger partial charge in [0.15, 0.2) is 17.3 Å². The summed E-state index contributed by atoms with van der Waals surface area (Å²) in [6, 6.07) is 6.97. The molecule has 0 unspecified atom stereocenters. The SMILES string of the molecule is FC(F)Oc1cc(C(F)(F)F)ccc1Oc1ccc2c(c1)O[C@@H]1[C@H](c3nn[nH]n3)[C@@H]21. The minimum atomic E-state index is -4.71. The highest BCUT2D eigenvalue weighted by molar-refractivity contribution is 5.55. The molecule has 12 heteroatoms. The Kier molecular flexibility index (Phi) is 4.05. The number of aromatic nitrogens is 4. The van der Waals surface area contributed by atoms with Gasteiger partial charge in [0.2, 0.25) is 0 Å². The number of fused-ring (bicyclic) bond motifs is 3. The van der Waals surface area contributed by atoms with E-state index in [-0.39, 0.29) is 29.4 Å². The Balaban J connectivity index is 1.38. The van der Waals surface area contributed by atoms with E-state index in [1.54, 1.807) is 18.2 Å². The van der Waals surface area contributed by atoms with Crippen LogP contribution in [-0.2, 0) is 6.18 Å². The average Bonchev–Trinajstić information content (AvgIpc) is 3.05. The molecule has 30 heavy (non-hydrogen) atoms. The first-order valence-corrected chi connectivity index (χ1v) is 8.69. The predicted molar refractivity (Wildman–Crippen MR) is 88.7 cm³/mol. The van der Waals surface area contributed by atoms with Gasteiger partial charge in [0, 0.05) is 17.5 Å². The second-order valence-electron chi connectivity index (χ2n) is 6.74. The van der Waals surface area contributed by atoms with Crippen LogP contribution in [-0.4, -0.2) is 33.3 Å². The van der Waals surface area contributed by atoms with Crippen molar-refractivity contribution in [3.63, 3.8) is 0 Å². The normalized spacial score (nSPS) is 21.7. The van der Waals surface area contributed by atoms with E-state index in [0.717, 1.165) is 17.7 Å². The van der Waals surface area contributed by atoms with Gasteiger partial charge in [-0.15, -0.1) is 10.2 Å². The van der Waals surface area contributed by atoms with Crippen LogP contribution in [0.5, 0.6) is 23.0 Å². The van der Waals surface area contributed by atoms with Crippen molar-refractivity contribution in [2.75, 3.05) is 0 Å². The van der Waals surface area contributed by atoms with Crippen molar-refractivity contribution in [3.05, 3.63) is 53.3 Å². The third kappa shape index (κ3) is 3.17. The molecule has 5 rings (SSSR count). The number of hydrogen-bond acceptors (Lipinski definition) is 6. The molecule has 0 radical (unpaired) electrons. The molecule has 1 saturated carbocycles. The van der Waals surface area contributed by atoms with E-state index >= 15 is 0 Å². The third-order valence-corrected chi connectivity index (χ3v) is 4.94. The summed E-state index contributed by atoms with van der Waals surface area (Å²) < 4.78 is 79.5. The first-order chi connectivity index (χ1) is 14.3. The van der Waals surface area contributed by atoms with Crippen LogP contribution in [0.25, 0.3) is 0 Å². The van der Waals surface area contributed by atoms with Crippen LogP contribution >= 0.6 is 0 Å². The van der Waals surface area contributed by atoms with Gasteiger partial charge in [-0.05, 0) is 24.3 Å². The summed E-state index contributed by atoms with van der Waals surface area (Å²) in [6.45, 7) is -3.31. The highest BCUT2D eigenvalue weighted by Gasteiger charge is 2.61. The van der Waals surface area contributed by atoms with Crippen molar-refractivity contribution < 1.29 is 36.2 Å². The lowest BCUT2D eigenvalue weighted by molar-refractivity contribution is -0.138. The zero-order valence-electron chi connectivity index (χ0n) is 14.7. The maximum atomic E-state index is 12.9. The van der Waals surface area contributed by atoms with Crippen molar-refractivity contribution in [1.82, 2.24) is 20.6 Å². The van der Waals surface area contributed by atoms with Crippen molar-refractivity contribution in [2.24, 2.45) is 0 Å². The monoisotopic (exact) mass is 426 g/mol. The summed E-state index contributed by atoms with van der Waals surface area (Å²) >= 11 is 0. The fraction of sp³-hybridized carbons (Fsp3) is 0.278. The molecular weight excluding hydrogens is 415 g/mol. The number of halogens is 5. The molecule has 1 aliphatic carbocycles. The molecule has 0 bridgehead atoms. The molecule has 1 N–H and O–H groups in total. The van der Waals surface area contributed by atoms with Crippen molar-refractivity contribution in [1.29, 1.82) is 0 Å². The predicted octanol–water partition coefficient (Wildman–Crippen LogP) is 4.25. The number of hydrogen-bond donors (Lipinski definition) is 1. The Morgan fingerprint density at radius 3 is 2.57 bits per heavy atom. The van der Waals surface area contributed by atoms with Gasteiger partial charge >= 0.3 is 12.8 Å². The lowest BCUT2D eigenvalue weighted by Crippen LogP contribution is -2.08. The summed E-state index contributed by atoms with van der Waals surface area (Å²) in [5.74, 6) is 0.335. The molecule has 156 valence electrons. The molecule has 2 aromatic carbocycles. The Hall–Kier alpha value is -3.44. The second-order valence-corrected chi connectivity index (χ2v) is 6.74. The molecule has 0 amide bonds. The molecule has 0 saturated heterocycles. The zero-order valence-corrected chi connectivity index (χ0v) is 14.7. The van der Waals surface area contributed by atoms with Crippen LogP contribution in [0, 0.1) is 0 Å². The van der Waals surface area contributed by atoms with E-state index in [1.807, 2.05) is 0 Å². The van der Waals surface area contributed by atoms with Gasteiger partial charge in [-0.25, -0.2) is 0 Å². The molecule has 0 spiro atoms. The number of ether oxygens (including phenoxy) is 3. The summed E-state index contributed by atoms with van der Waals surface area (Å²) in [5, 5.41) is 13.8. The van der Waals surface area contributed by atoms with Crippen LogP contribution in [0.1, 0.15) is 28.8 Å². The molecule has 7 nitrogen and oxygen atoms in total. The maximum Gasteiger partial charge on any atom is 0.416 e. The fourth-order valence-corrected chi connectivity index (χ4v) is 3.60. The second kappa shape index (κ2) is 6.54. The number of benzene rings is 2. The van der Waals surface area contributed by atoms with Gasteiger partial charge in [-0.1, -0.05) is 11.3 Å². The number of alkyl halides is 5. The lowest BCUT2D eigenvalue weighted by Gasteiger charge is -2.15. The van der Waals surface area contributed by atoms with Crippen LogP contribution in [0.3, 0.4) is 0 Å².